The molecule has 3 rings (SSSR count). The first-order chi connectivity index (χ1) is 9.25. The van der Waals surface area contributed by atoms with E-state index >= 15 is 0 Å². The van der Waals surface area contributed by atoms with Crippen LogP contribution in [0.1, 0.15) is 12.0 Å². The molecule has 5 heteroatoms. The predicted octanol–water partition coefficient (Wildman–Crippen LogP) is 0.938. The number of hydrogen-bond acceptors (Lipinski definition) is 4. The van der Waals surface area contributed by atoms with Crippen LogP contribution in [-0.2, 0) is 16.1 Å². The minimum absolute atomic E-state index is 0.0317. The summed E-state index contributed by atoms with van der Waals surface area (Å²) in [6.45, 7) is 1.19. The fourth-order valence-corrected chi connectivity index (χ4v) is 2.74. The number of hydrogen-bond donors (Lipinski definition) is 1. The lowest BCUT2D eigenvalue weighted by Crippen LogP contribution is -2.39. The molecular formula is C14H16N2O3. The highest BCUT2D eigenvalue weighted by atomic mass is 16.6. The third-order valence-corrected chi connectivity index (χ3v) is 3.70. The molecule has 2 heterocycles. The molecule has 0 bridgehead atoms. The van der Waals surface area contributed by atoms with E-state index in [2.05, 4.69) is 5.32 Å². The second kappa shape index (κ2) is 5.01. The van der Waals surface area contributed by atoms with E-state index in [1.54, 1.807) is 4.90 Å². The molecular weight excluding hydrogens is 244 g/mol. The first-order valence-corrected chi connectivity index (χ1v) is 6.49. The van der Waals surface area contributed by atoms with Crippen LogP contribution < -0.4 is 5.32 Å². The predicted molar refractivity (Wildman–Crippen MR) is 68.5 cm³/mol. The SMILES string of the molecule is O=C1CN(C(=O)OCc2ccccc2)C2CCNC12. The average molecular weight is 260 g/mol. The monoisotopic (exact) mass is 260 g/mol. The molecule has 2 unspecified atom stereocenters. The summed E-state index contributed by atoms with van der Waals surface area (Å²) >= 11 is 0. The molecule has 1 aromatic carbocycles. The number of fused-ring (bicyclic) bond motifs is 1. The van der Waals surface area contributed by atoms with Gasteiger partial charge in [-0.3, -0.25) is 9.69 Å². The van der Waals surface area contributed by atoms with E-state index in [0.29, 0.717) is 0 Å². The van der Waals surface area contributed by atoms with E-state index < -0.39 is 6.09 Å². The molecule has 2 fully saturated rings. The number of ether oxygens (including phenoxy) is 1. The molecule has 1 amide bonds. The Hall–Kier alpha value is -1.88. The molecule has 1 aromatic rings. The van der Waals surface area contributed by atoms with Gasteiger partial charge in [0.1, 0.15) is 6.61 Å². The van der Waals surface area contributed by atoms with Crippen LogP contribution in [0.25, 0.3) is 0 Å². The lowest BCUT2D eigenvalue weighted by atomic mass is 10.1. The fraction of sp³-hybridized carbons (Fsp3) is 0.429. The van der Waals surface area contributed by atoms with E-state index in [4.69, 9.17) is 4.74 Å². The lowest BCUT2D eigenvalue weighted by Gasteiger charge is -2.21. The summed E-state index contributed by atoms with van der Waals surface area (Å²) in [6, 6.07) is 9.31. The van der Waals surface area contributed by atoms with Gasteiger partial charge in [0.15, 0.2) is 5.78 Å². The van der Waals surface area contributed by atoms with Gasteiger partial charge in [-0.05, 0) is 18.5 Å². The number of ketones is 1. The van der Waals surface area contributed by atoms with E-state index in [-0.39, 0.29) is 31.0 Å². The number of Topliss-reactive ketones (excluding diaryl/α,β-unsaturated/α-hetero) is 1. The van der Waals surface area contributed by atoms with Crippen molar-refractivity contribution in [1.82, 2.24) is 10.2 Å². The van der Waals surface area contributed by atoms with Crippen LogP contribution in [0.2, 0.25) is 0 Å². The van der Waals surface area contributed by atoms with Gasteiger partial charge in [0.2, 0.25) is 0 Å². The van der Waals surface area contributed by atoms with Crippen LogP contribution in [0.15, 0.2) is 30.3 Å². The molecule has 0 aliphatic carbocycles. The zero-order valence-electron chi connectivity index (χ0n) is 10.5. The van der Waals surface area contributed by atoms with Crippen molar-refractivity contribution in [2.75, 3.05) is 13.1 Å². The highest BCUT2D eigenvalue weighted by Gasteiger charge is 2.46. The average Bonchev–Trinajstić information content (AvgIpc) is 3.02. The van der Waals surface area contributed by atoms with Gasteiger partial charge in [-0.25, -0.2) is 4.79 Å². The van der Waals surface area contributed by atoms with Crippen LogP contribution >= 0.6 is 0 Å². The molecule has 2 atom stereocenters. The highest BCUT2D eigenvalue weighted by Crippen LogP contribution is 2.23. The number of benzene rings is 1. The summed E-state index contributed by atoms with van der Waals surface area (Å²) in [5.41, 5.74) is 0.947. The van der Waals surface area contributed by atoms with Gasteiger partial charge < -0.3 is 10.1 Å². The van der Waals surface area contributed by atoms with Crippen molar-refractivity contribution in [3.05, 3.63) is 35.9 Å². The Kier molecular flexibility index (Phi) is 3.21. The van der Waals surface area contributed by atoms with E-state index in [1.165, 1.54) is 0 Å². The maximum atomic E-state index is 12.0. The van der Waals surface area contributed by atoms with Gasteiger partial charge >= 0.3 is 6.09 Å². The molecule has 0 aromatic heterocycles. The highest BCUT2D eigenvalue weighted by molar-refractivity contribution is 5.93. The topological polar surface area (TPSA) is 58.6 Å². The van der Waals surface area contributed by atoms with Crippen LogP contribution in [0.3, 0.4) is 0 Å². The molecule has 0 radical (unpaired) electrons. The van der Waals surface area contributed by atoms with Crippen molar-refractivity contribution >= 4 is 11.9 Å². The van der Waals surface area contributed by atoms with Crippen molar-refractivity contribution in [2.24, 2.45) is 0 Å². The number of rotatable bonds is 2. The number of carbonyl (C=O) groups is 2. The summed E-state index contributed by atoms with van der Waals surface area (Å²) in [5.74, 6) is 0.0826. The maximum absolute atomic E-state index is 12.0. The number of nitrogens with one attached hydrogen (secondary N) is 1. The van der Waals surface area contributed by atoms with Gasteiger partial charge in [-0.15, -0.1) is 0 Å². The lowest BCUT2D eigenvalue weighted by molar-refractivity contribution is -0.118. The van der Waals surface area contributed by atoms with Crippen molar-refractivity contribution in [1.29, 1.82) is 0 Å². The number of carbonyl (C=O) groups excluding carboxylic acids is 2. The zero-order valence-corrected chi connectivity index (χ0v) is 10.5. The normalized spacial score (nSPS) is 25.5. The van der Waals surface area contributed by atoms with E-state index in [9.17, 15) is 9.59 Å². The Morgan fingerprint density at radius 1 is 1.37 bits per heavy atom. The van der Waals surface area contributed by atoms with Crippen LogP contribution in [0, 0.1) is 0 Å². The molecule has 2 saturated heterocycles. The van der Waals surface area contributed by atoms with Crippen molar-refractivity contribution in [3.63, 3.8) is 0 Å². The quantitative estimate of drug-likeness (QED) is 0.859. The molecule has 2 aliphatic rings. The van der Waals surface area contributed by atoms with Crippen molar-refractivity contribution in [3.8, 4) is 0 Å². The number of nitrogens with zero attached hydrogens (tertiary/aromatic N) is 1. The molecule has 1 N–H and O–H groups in total. The smallest absolute Gasteiger partial charge is 0.410 e. The van der Waals surface area contributed by atoms with Gasteiger partial charge in [0.25, 0.3) is 0 Å². The third kappa shape index (κ3) is 2.33. The Morgan fingerprint density at radius 2 is 2.16 bits per heavy atom. The molecule has 19 heavy (non-hydrogen) atoms. The minimum Gasteiger partial charge on any atom is -0.445 e. The largest absolute Gasteiger partial charge is 0.445 e. The molecule has 2 aliphatic heterocycles. The molecule has 0 spiro atoms. The maximum Gasteiger partial charge on any atom is 0.410 e. The summed E-state index contributed by atoms with van der Waals surface area (Å²) < 4.78 is 5.28. The van der Waals surface area contributed by atoms with E-state index in [1.807, 2.05) is 30.3 Å². The van der Waals surface area contributed by atoms with E-state index in [0.717, 1.165) is 18.5 Å². The van der Waals surface area contributed by atoms with Crippen LogP contribution in [0.5, 0.6) is 0 Å². The third-order valence-electron chi connectivity index (χ3n) is 3.70. The summed E-state index contributed by atoms with van der Waals surface area (Å²) in [4.78, 5) is 25.3. The van der Waals surface area contributed by atoms with Gasteiger partial charge in [0, 0.05) is 0 Å². The molecule has 100 valence electrons. The first-order valence-electron chi connectivity index (χ1n) is 6.49. The number of likely N-dealkylation sites (tertiary alicyclic amines) is 1. The van der Waals surface area contributed by atoms with Crippen LogP contribution in [0.4, 0.5) is 4.79 Å². The summed E-state index contributed by atoms with van der Waals surface area (Å²) in [7, 11) is 0. The zero-order chi connectivity index (χ0) is 13.2. The molecule has 5 nitrogen and oxygen atoms in total. The Labute approximate surface area is 111 Å². The minimum atomic E-state index is -0.395. The van der Waals surface area contributed by atoms with Gasteiger partial charge in [-0.2, -0.15) is 0 Å². The Morgan fingerprint density at radius 3 is 2.95 bits per heavy atom. The second-order valence-corrected chi connectivity index (χ2v) is 4.92. The summed E-state index contributed by atoms with van der Waals surface area (Å²) in [6.07, 6.45) is 0.421. The standard InChI is InChI=1S/C14H16N2O3/c17-12-8-16(11-6-7-15-13(11)12)14(18)19-9-10-4-2-1-3-5-10/h1-5,11,13,15H,6-9H2. The van der Waals surface area contributed by atoms with Gasteiger partial charge in [-0.1, -0.05) is 30.3 Å². The Bertz CT molecular complexity index is 489. The molecule has 0 saturated carbocycles. The van der Waals surface area contributed by atoms with Gasteiger partial charge in [0.05, 0.1) is 18.6 Å². The van der Waals surface area contributed by atoms with Crippen molar-refractivity contribution < 1.29 is 14.3 Å². The second-order valence-electron chi connectivity index (χ2n) is 4.92. The Balaban J connectivity index is 1.60. The first kappa shape index (κ1) is 12.2. The fourth-order valence-electron chi connectivity index (χ4n) is 2.74. The summed E-state index contributed by atoms with van der Waals surface area (Å²) in [5, 5.41) is 3.13. The van der Waals surface area contributed by atoms with Crippen molar-refractivity contribution in [2.45, 2.75) is 25.1 Å². The number of amides is 1. The van der Waals surface area contributed by atoms with Crippen LogP contribution in [-0.4, -0.2) is 41.9 Å².